The molecule has 1 aromatic carbocycles. The van der Waals surface area contributed by atoms with Crippen LogP contribution >= 0.6 is 0 Å². The van der Waals surface area contributed by atoms with Crippen molar-refractivity contribution in [2.45, 2.75) is 19.9 Å². The molecular formula is C22H21FN4O3. The number of likely N-dealkylation sites (tertiary alicyclic amines) is 1. The zero-order valence-corrected chi connectivity index (χ0v) is 16.4. The van der Waals surface area contributed by atoms with Crippen molar-refractivity contribution < 1.29 is 18.8 Å². The van der Waals surface area contributed by atoms with E-state index in [-0.39, 0.29) is 48.6 Å². The lowest BCUT2D eigenvalue weighted by molar-refractivity contribution is -0.144. The molecule has 3 aliphatic rings. The molecule has 1 saturated carbocycles. The van der Waals surface area contributed by atoms with Crippen molar-refractivity contribution in [1.29, 1.82) is 0 Å². The van der Waals surface area contributed by atoms with E-state index in [1.165, 1.54) is 6.07 Å². The molecule has 30 heavy (non-hydrogen) atoms. The zero-order chi connectivity index (χ0) is 21.0. The minimum atomic E-state index is -0.438. The Hall–Kier alpha value is -3.29. The van der Waals surface area contributed by atoms with E-state index in [4.69, 9.17) is 0 Å². The summed E-state index contributed by atoms with van der Waals surface area (Å²) in [6, 6.07) is 4.70. The Labute approximate surface area is 172 Å². The molecule has 8 heteroatoms. The molecule has 2 aromatic rings. The van der Waals surface area contributed by atoms with Gasteiger partial charge < -0.3 is 9.88 Å². The number of aryl methyl sites for hydroxylation is 1. The third-order valence-electron chi connectivity index (χ3n) is 6.45. The van der Waals surface area contributed by atoms with E-state index in [1.807, 2.05) is 12.2 Å². The summed E-state index contributed by atoms with van der Waals surface area (Å²) < 4.78 is 16.1. The number of nitrogens with zero attached hydrogens (tertiary/aromatic N) is 3. The smallest absolute Gasteiger partial charge is 0.240 e. The molecule has 154 valence electrons. The third kappa shape index (κ3) is 2.86. The average Bonchev–Trinajstić information content (AvgIpc) is 3.48. The number of imide groups is 1. The average molecular weight is 408 g/mol. The first-order valence-corrected chi connectivity index (χ1v) is 10.0. The first-order valence-electron chi connectivity index (χ1n) is 10.0. The summed E-state index contributed by atoms with van der Waals surface area (Å²) in [6.45, 7) is 1.60. The zero-order valence-electron chi connectivity index (χ0n) is 16.4. The van der Waals surface area contributed by atoms with E-state index >= 15 is 0 Å². The lowest BCUT2D eigenvalue weighted by Crippen LogP contribution is -2.41. The van der Waals surface area contributed by atoms with E-state index in [9.17, 15) is 18.8 Å². The second-order valence-corrected chi connectivity index (χ2v) is 8.17. The number of aromatic nitrogens is 2. The SMILES string of the molecule is Cc1nccn1-c1ccc(CNC(=O)CN2C(=O)C3C4C=CC(C4)C3C2=O)cc1F. The van der Waals surface area contributed by atoms with Crippen molar-refractivity contribution in [1.82, 2.24) is 19.8 Å². The first-order chi connectivity index (χ1) is 14.4. The largest absolute Gasteiger partial charge is 0.350 e. The number of halogens is 1. The maximum atomic E-state index is 14.5. The molecule has 0 radical (unpaired) electrons. The molecule has 5 rings (SSSR count). The Morgan fingerprint density at radius 2 is 1.90 bits per heavy atom. The van der Waals surface area contributed by atoms with Gasteiger partial charge in [-0.2, -0.15) is 0 Å². The van der Waals surface area contributed by atoms with Crippen LogP contribution in [-0.4, -0.2) is 38.7 Å². The van der Waals surface area contributed by atoms with Gasteiger partial charge in [-0.25, -0.2) is 9.37 Å². The predicted octanol–water partition coefficient (Wildman–Crippen LogP) is 1.74. The topological polar surface area (TPSA) is 84.3 Å². The number of benzene rings is 1. The quantitative estimate of drug-likeness (QED) is 0.603. The minimum absolute atomic E-state index is 0.106. The molecule has 1 aromatic heterocycles. The van der Waals surface area contributed by atoms with E-state index in [1.54, 1.807) is 36.0 Å². The fraction of sp³-hybridized carbons (Fsp3) is 0.364. The van der Waals surface area contributed by atoms with Gasteiger partial charge in [0.05, 0.1) is 17.5 Å². The summed E-state index contributed by atoms with van der Waals surface area (Å²) in [4.78, 5) is 42.8. The van der Waals surface area contributed by atoms with Gasteiger partial charge in [-0.3, -0.25) is 19.3 Å². The van der Waals surface area contributed by atoms with Crippen molar-refractivity contribution in [2.75, 3.05) is 6.54 Å². The lowest BCUT2D eigenvalue weighted by atomic mass is 9.85. The van der Waals surface area contributed by atoms with Gasteiger partial charge >= 0.3 is 0 Å². The van der Waals surface area contributed by atoms with Gasteiger partial charge in [0.1, 0.15) is 18.2 Å². The van der Waals surface area contributed by atoms with Crippen LogP contribution in [0.15, 0.2) is 42.7 Å². The molecule has 1 saturated heterocycles. The van der Waals surface area contributed by atoms with E-state index in [0.717, 1.165) is 11.3 Å². The number of hydrogen-bond donors (Lipinski definition) is 1. The minimum Gasteiger partial charge on any atom is -0.350 e. The highest BCUT2D eigenvalue weighted by Crippen LogP contribution is 2.52. The van der Waals surface area contributed by atoms with Crippen molar-refractivity contribution in [3.05, 3.63) is 59.9 Å². The van der Waals surface area contributed by atoms with Gasteiger partial charge in [-0.1, -0.05) is 18.2 Å². The normalized spacial score (nSPS) is 26.5. The number of fused-ring (bicyclic) bond motifs is 5. The number of imidazole rings is 1. The Kier molecular flexibility index (Phi) is 4.30. The van der Waals surface area contributed by atoms with Gasteiger partial charge in [0.2, 0.25) is 17.7 Å². The van der Waals surface area contributed by atoms with Gasteiger partial charge in [0, 0.05) is 18.9 Å². The third-order valence-corrected chi connectivity index (χ3v) is 6.45. The van der Waals surface area contributed by atoms with E-state index < -0.39 is 11.7 Å². The van der Waals surface area contributed by atoms with Crippen LogP contribution in [0.3, 0.4) is 0 Å². The lowest BCUT2D eigenvalue weighted by Gasteiger charge is -2.17. The van der Waals surface area contributed by atoms with Crippen LogP contribution in [-0.2, 0) is 20.9 Å². The molecule has 4 unspecified atom stereocenters. The Morgan fingerprint density at radius 1 is 1.20 bits per heavy atom. The van der Waals surface area contributed by atoms with Crippen LogP contribution in [0.4, 0.5) is 4.39 Å². The number of carbonyl (C=O) groups excluding carboxylic acids is 3. The highest BCUT2D eigenvalue weighted by molar-refractivity contribution is 6.08. The number of rotatable bonds is 5. The van der Waals surface area contributed by atoms with Crippen LogP contribution in [0, 0.1) is 36.4 Å². The Balaban J connectivity index is 1.21. The summed E-state index contributed by atoms with van der Waals surface area (Å²) in [6.07, 6.45) is 8.16. The van der Waals surface area contributed by atoms with Crippen LogP contribution in [0.1, 0.15) is 17.8 Å². The van der Waals surface area contributed by atoms with E-state index in [2.05, 4.69) is 10.3 Å². The summed E-state index contributed by atoms with van der Waals surface area (Å²) in [5.74, 6) is -1.08. The van der Waals surface area contributed by atoms with Crippen molar-refractivity contribution >= 4 is 17.7 Å². The summed E-state index contributed by atoms with van der Waals surface area (Å²) in [7, 11) is 0. The number of carbonyl (C=O) groups is 3. The molecule has 2 aliphatic carbocycles. The second-order valence-electron chi connectivity index (χ2n) is 8.17. The molecule has 0 spiro atoms. The molecule has 2 heterocycles. The van der Waals surface area contributed by atoms with Crippen molar-refractivity contribution in [3.63, 3.8) is 0 Å². The second kappa shape index (κ2) is 6.90. The number of hydrogen-bond acceptors (Lipinski definition) is 4. The monoisotopic (exact) mass is 408 g/mol. The summed E-state index contributed by atoms with van der Waals surface area (Å²) >= 11 is 0. The molecule has 3 amide bonds. The molecular weight excluding hydrogens is 387 g/mol. The highest BCUT2D eigenvalue weighted by atomic mass is 19.1. The number of allylic oxidation sites excluding steroid dienone is 2. The van der Waals surface area contributed by atoms with Crippen LogP contribution in [0.5, 0.6) is 0 Å². The van der Waals surface area contributed by atoms with Crippen LogP contribution in [0.25, 0.3) is 5.69 Å². The van der Waals surface area contributed by atoms with Gasteiger partial charge in [-0.05, 0) is 42.9 Å². The van der Waals surface area contributed by atoms with Crippen molar-refractivity contribution in [2.24, 2.45) is 23.7 Å². The summed E-state index contributed by atoms with van der Waals surface area (Å²) in [5, 5.41) is 2.68. The fourth-order valence-corrected chi connectivity index (χ4v) is 5.01. The maximum absolute atomic E-state index is 14.5. The fourth-order valence-electron chi connectivity index (χ4n) is 5.01. The van der Waals surface area contributed by atoms with Gasteiger partial charge in [0.25, 0.3) is 0 Å². The molecule has 2 bridgehead atoms. The van der Waals surface area contributed by atoms with E-state index in [0.29, 0.717) is 17.1 Å². The molecule has 7 nitrogen and oxygen atoms in total. The maximum Gasteiger partial charge on any atom is 0.240 e. The molecule has 4 atom stereocenters. The highest BCUT2D eigenvalue weighted by Gasteiger charge is 2.59. The van der Waals surface area contributed by atoms with Crippen LogP contribution in [0.2, 0.25) is 0 Å². The predicted molar refractivity (Wildman–Crippen MR) is 105 cm³/mol. The molecule has 1 N–H and O–H groups in total. The number of amides is 3. The Morgan fingerprint density at radius 3 is 2.50 bits per heavy atom. The molecule has 1 aliphatic heterocycles. The standard InChI is InChI=1S/C22H21FN4O3/c1-12-24-6-7-26(12)17-5-2-13(8-16(17)23)10-25-18(28)11-27-21(29)19-14-3-4-15(9-14)20(19)22(27)30/h2-8,14-15,19-20H,9-11H2,1H3,(H,25,28). The number of nitrogens with one attached hydrogen (secondary N) is 1. The Bertz CT molecular complexity index is 1060. The van der Waals surface area contributed by atoms with Crippen LogP contribution < -0.4 is 5.32 Å². The first kappa shape index (κ1) is 18.7. The molecule has 2 fully saturated rings. The van der Waals surface area contributed by atoms with Gasteiger partial charge in [-0.15, -0.1) is 0 Å². The van der Waals surface area contributed by atoms with Crippen molar-refractivity contribution in [3.8, 4) is 5.69 Å². The summed E-state index contributed by atoms with van der Waals surface area (Å²) in [5.41, 5.74) is 0.962. The van der Waals surface area contributed by atoms with Gasteiger partial charge in [0.15, 0.2) is 0 Å².